The highest BCUT2D eigenvalue weighted by atomic mass is 127. The van der Waals surface area contributed by atoms with Gasteiger partial charge in [-0.15, -0.1) is 0 Å². The summed E-state index contributed by atoms with van der Waals surface area (Å²) in [5, 5.41) is 30.1. The zero-order chi connectivity index (χ0) is 24.7. The van der Waals surface area contributed by atoms with E-state index in [1.807, 2.05) is 43.4 Å². The van der Waals surface area contributed by atoms with Crippen LogP contribution in [0.2, 0.25) is 0 Å². The summed E-state index contributed by atoms with van der Waals surface area (Å²) in [6.45, 7) is 7.99. The Labute approximate surface area is 210 Å². The average Bonchev–Trinajstić information content (AvgIpc) is 2.60. The minimum Gasteiger partial charge on any atom is -1.00 e. The van der Waals surface area contributed by atoms with Crippen molar-refractivity contribution in [2.45, 2.75) is 27.7 Å². The van der Waals surface area contributed by atoms with Gasteiger partial charge in [-0.25, -0.2) is 0 Å². The van der Waals surface area contributed by atoms with Crippen LogP contribution in [0.25, 0.3) is 0 Å². The summed E-state index contributed by atoms with van der Waals surface area (Å²) < 4.78 is 1.47. The quantitative estimate of drug-likeness (QED) is 0.355. The van der Waals surface area contributed by atoms with Gasteiger partial charge in [0.2, 0.25) is 0 Å². The van der Waals surface area contributed by atoms with Gasteiger partial charge in [0.15, 0.2) is 0 Å². The fraction of sp³-hybridized carbons (Fsp3) is 0.458. The van der Waals surface area contributed by atoms with E-state index in [1.54, 1.807) is 0 Å². The van der Waals surface area contributed by atoms with Crippen LogP contribution in [0, 0.1) is 27.7 Å². The number of benzene rings is 2. The molecule has 0 saturated heterocycles. The molecule has 3 N–H and O–H groups in total. The SMILES string of the molecule is CNC(=O)[O-].Cc1cc(C)c([N+](C)(C)C)cc1O.Cc1cc(C)c([N+](C)(C)C)cc1O.[I-]. The number of rotatable bonds is 2. The molecule has 0 atom stereocenters. The minimum atomic E-state index is -1.25. The maximum Gasteiger partial charge on any atom is 0.138 e. The van der Waals surface area contributed by atoms with Gasteiger partial charge in [-0.05, 0) is 51.0 Å². The summed E-state index contributed by atoms with van der Waals surface area (Å²) in [6, 6.07) is 7.75. The van der Waals surface area contributed by atoms with Gasteiger partial charge in [0.05, 0.1) is 42.3 Å². The molecule has 2 aromatic rings. The number of carboxylic acid groups (broad SMARTS) is 1. The summed E-state index contributed by atoms with van der Waals surface area (Å²) in [7, 11) is 13.9. The zero-order valence-corrected chi connectivity index (χ0v) is 23.5. The van der Waals surface area contributed by atoms with E-state index in [2.05, 4.69) is 56.1 Å². The van der Waals surface area contributed by atoms with Gasteiger partial charge >= 0.3 is 0 Å². The maximum absolute atomic E-state index is 9.58. The summed E-state index contributed by atoms with van der Waals surface area (Å²) in [5.74, 6) is 0.766. The van der Waals surface area contributed by atoms with Crippen molar-refractivity contribution < 1.29 is 44.1 Å². The van der Waals surface area contributed by atoms with E-state index in [9.17, 15) is 10.2 Å². The van der Waals surface area contributed by atoms with Crippen LogP contribution >= 0.6 is 0 Å². The minimum absolute atomic E-state index is 0. The number of hydrogen-bond acceptors (Lipinski definition) is 4. The second-order valence-electron chi connectivity index (χ2n) is 9.41. The van der Waals surface area contributed by atoms with Crippen LogP contribution in [0.15, 0.2) is 24.3 Å². The van der Waals surface area contributed by atoms with Crippen LogP contribution in [-0.4, -0.2) is 65.6 Å². The number of phenols is 2. The summed E-state index contributed by atoms with van der Waals surface area (Å²) in [4.78, 5) is 9.15. The van der Waals surface area contributed by atoms with Crippen molar-refractivity contribution in [1.29, 1.82) is 0 Å². The van der Waals surface area contributed by atoms with Crippen molar-refractivity contribution in [1.82, 2.24) is 14.3 Å². The van der Waals surface area contributed by atoms with Crippen molar-refractivity contribution in [3.05, 3.63) is 46.5 Å². The van der Waals surface area contributed by atoms with Crippen molar-refractivity contribution in [2.24, 2.45) is 0 Å². The molecule has 0 aliphatic heterocycles. The Morgan fingerprint density at radius 3 is 1.16 bits per heavy atom. The number of carbonyl (C=O) groups excluding carboxylic acids is 1. The largest absolute Gasteiger partial charge is 1.00 e. The average molecular weight is 562 g/mol. The van der Waals surface area contributed by atoms with E-state index in [1.165, 1.54) is 18.2 Å². The number of carbonyl (C=O) groups is 1. The Morgan fingerprint density at radius 2 is 0.969 bits per heavy atom. The van der Waals surface area contributed by atoms with Gasteiger partial charge in [0.25, 0.3) is 0 Å². The van der Waals surface area contributed by atoms with E-state index in [4.69, 9.17) is 9.90 Å². The molecular weight excluding hydrogens is 521 g/mol. The fourth-order valence-corrected chi connectivity index (χ4v) is 3.11. The summed E-state index contributed by atoms with van der Waals surface area (Å²) in [6.07, 6.45) is -1.25. The highest BCUT2D eigenvalue weighted by Crippen LogP contribution is 2.30. The van der Waals surface area contributed by atoms with Crippen molar-refractivity contribution >= 4 is 17.5 Å². The molecule has 0 aliphatic rings. The molecule has 0 radical (unpaired) electrons. The van der Waals surface area contributed by atoms with Gasteiger partial charge in [-0.3, -0.25) is 8.97 Å². The van der Waals surface area contributed by atoms with Crippen LogP contribution in [0.5, 0.6) is 11.5 Å². The standard InChI is InChI=1S/2C11H17NO.C2H5NO2.HI/c2*1-8-6-9(2)11(13)7-10(8)12(3,4)5;1-3-2(4)5;/h2*6-7H,1-5H3;3H,1H3,(H,4,5);1H. The molecular formula is C24H40IN3O4. The molecule has 0 aliphatic carbocycles. The summed E-state index contributed by atoms with van der Waals surface area (Å²) in [5.41, 5.74) is 6.64. The molecule has 0 saturated carbocycles. The molecule has 182 valence electrons. The Hall–Kier alpha value is -2.04. The van der Waals surface area contributed by atoms with Crippen molar-refractivity contribution in [3.63, 3.8) is 0 Å². The van der Waals surface area contributed by atoms with E-state index in [0.717, 1.165) is 31.5 Å². The Kier molecular flexibility index (Phi) is 12.9. The molecule has 0 spiro atoms. The monoisotopic (exact) mass is 561 g/mol. The molecule has 0 aromatic heterocycles. The number of phenolic OH excluding ortho intramolecular Hbond substituents is 2. The first-order chi connectivity index (χ1) is 13.9. The molecule has 0 fully saturated rings. The lowest BCUT2D eigenvalue weighted by atomic mass is 10.1. The molecule has 0 heterocycles. The van der Waals surface area contributed by atoms with E-state index < -0.39 is 6.09 Å². The molecule has 8 heteroatoms. The maximum atomic E-state index is 9.58. The Morgan fingerprint density at radius 1 is 0.719 bits per heavy atom. The molecule has 1 amide bonds. The first-order valence-corrected chi connectivity index (χ1v) is 10.0. The number of nitrogens with zero attached hydrogens (tertiary/aromatic N) is 2. The van der Waals surface area contributed by atoms with E-state index in [0.29, 0.717) is 11.5 Å². The Balaban J connectivity index is 0. The highest BCUT2D eigenvalue weighted by Gasteiger charge is 2.17. The van der Waals surface area contributed by atoms with Crippen LogP contribution < -0.4 is 43.4 Å². The molecule has 32 heavy (non-hydrogen) atoms. The molecule has 0 bridgehead atoms. The number of nitrogens with one attached hydrogen (secondary N) is 1. The van der Waals surface area contributed by atoms with Gasteiger partial charge in [-0.1, -0.05) is 0 Å². The third-order valence-corrected chi connectivity index (χ3v) is 4.68. The third-order valence-electron chi connectivity index (χ3n) is 4.68. The second-order valence-corrected chi connectivity index (χ2v) is 9.41. The van der Waals surface area contributed by atoms with E-state index >= 15 is 0 Å². The van der Waals surface area contributed by atoms with Crippen LogP contribution in [0.4, 0.5) is 16.2 Å². The predicted molar refractivity (Wildman–Crippen MR) is 129 cm³/mol. The summed E-state index contributed by atoms with van der Waals surface area (Å²) >= 11 is 0. The van der Waals surface area contributed by atoms with Gasteiger partial charge in [0, 0.05) is 30.3 Å². The second kappa shape index (κ2) is 12.9. The molecule has 0 unspecified atom stereocenters. The number of hydrogen-bond donors (Lipinski definition) is 3. The number of amides is 1. The molecule has 2 rings (SSSR count). The molecule has 2 aromatic carbocycles. The van der Waals surface area contributed by atoms with Crippen LogP contribution in [0.1, 0.15) is 22.3 Å². The van der Waals surface area contributed by atoms with Crippen molar-refractivity contribution in [3.8, 4) is 11.5 Å². The number of aryl methyl sites for hydroxylation is 4. The van der Waals surface area contributed by atoms with Crippen LogP contribution in [0.3, 0.4) is 0 Å². The third kappa shape index (κ3) is 10.5. The van der Waals surface area contributed by atoms with Crippen LogP contribution in [-0.2, 0) is 0 Å². The smallest absolute Gasteiger partial charge is 0.138 e. The molecule has 7 nitrogen and oxygen atoms in total. The van der Waals surface area contributed by atoms with Gasteiger partial charge in [0.1, 0.15) is 29.0 Å². The number of quaternary nitrogens is 2. The fourth-order valence-electron chi connectivity index (χ4n) is 3.11. The number of halogens is 1. The first-order valence-electron chi connectivity index (χ1n) is 10.0. The zero-order valence-electron chi connectivity index (χ0n) is 21.3. The lowest BCUT2D eigenvalue weighted by Crippen LogP contribution is -3.00. The normalized spacial score (nSPS) is 10.6. The topological polar surface area (TPSA) is 92.6 Å². The van der Waals surface area contributed by atoms with Gasteiger partial charge in [-0.2, -0.15) is 0 Å². The van der Waals surface area contributed by atoms with Crippen molar-refractivity contribution in [2.75, 3.05) is 49.3 Å². The Bertz CT molecular complexity index is 834. The number of aromatic hydroxyl groups is 2. The van der Waals surface area contributed by atoms with Gasteiger partial charge < -0.3 is 49.4 Å². The first kappa shape index (κ1) is 32.1. The predicted octanol–water partition coefficient (Wildman–Crippen LogP) is -0.0354. The lowest BCUT2D eigenvalue weighted by Gasteiger charge is -2.25. The van der Waals surface area contributed by atoms with E-state index in [-0.39, 0.29) is 24.0 Å². The lowest BCUT2D eigenvalue weighted by molar-refractivity contribution is -0.250. The highest BCUT2D eigenvalue weighted by molar-refractivity contribution is 5.61.